The van der Waals surface area contributed by atoms with Crippen molar-refractivity contribution in [2.45, 2.75) is 19.0 Å². The van der Waals surface area contributed by atoms with Crippen LogP contribution in [0, 0.1) is 10.1 Å². The molecule has 1 rings (SSSR count). The van der Waals surface area contributed by atoms with Gasteiger partial charge in [0.1, 0.15) is 0 Å². The van der Waals surface area contributed by atoms with E-state index in [4.69, 9.17) is 5.73 Å². The molecule has 0 atom stereocenters. The fourth-order valence-corrected chi connectivity index (χ4v) is 1.35. The lowest BCUT2D eigenvalue weighted by Crippen LogP contribution is -2.12. The molecule has 1 aromatic rings. The van der Waals surface area contributed by atoms with E-state index in [1.165, 1.54) is 0 Å². The zero-order valence-corrected chi connectivity index (χ0v) is 9.03. The molecular formula is C10H9F3N2O3. The van der Waals surface area contributed by atoms with Crippen molar-refractivity contribution < 1.29 is 22.9 Å². The first kappa shape index (κ1) is 13.9. The summed E-state index contributed by atoms with van der Waals surface area (Å²) in [5, 5.41) is 10.5. The number of carbonyl (C=O) groups is 1. The Morgan fingerprint density at radius 1 is 1.33 bits per heavy atom. The lowest BCUT2D eigenvalue weighted by atomic mass is 10.0. The Morgan fingerprint density at radius 3 is 2.39 bits per heavy atom. The third kappa shape index (κ3) is 3.72. The predicted octanol–water partition coefficient (Wildman–Crippen LogP) is 2.03. The van der Waals surface area contributed by atoms with E-state index in [0.717, 1.165) is 12.1 Å². The van der Waals surface area contributed by atoms with Gasteiger partial charge in [0, 0.05) is 18.6 Å². The minimum Gasteiger partial charge on any atom is -0.370 e. The van der Waals surface area contributed by atoms with Gasteiger partial charge < -0.3 is 5.73 Å². The molecule has 0 aromatic heterocycles. The molecule has 1 amide bonds. The van der Waals surface area contributed by atoms with Crippen LogP contribution in [0.5, 0.6) is 0 Å². The molecule has 0 radical (unpaired) electrons. The normalized spacial score (nSPS) is 11.3. The van der Waals surface area contributed by atoms with Crippen molar-refractivity contribution in [2.75, 3.05) is 0 Å². The molecule has 2 N–H and O–H groups in total. The molecule has 0 saturated heterocycles. The van der Waals surface area contributed by atoms with Gasteiger partial charge in [0.25, 0.3) is 5.69 Å². The topological polar surface area (TPSA) is 86.2 Å². The number of nitro benzene ring substituents is 1. The molecule has 0 aliphatic rings. The molecule has 18 heavy (non-hydrogen) atoms. The molecule has 0 heterocycles. The van der Waals surface area contributed by atoms with Crippen molar-refractivity contribution >= 4 is 11.6 Å². The Kier molecular flexibility index (Phi) is 3.89. The van der Waals surface area contributed by atoms with Gasteiger partial charge in [0.05, 0.1) is 10.5 Å². The number of nitrogens with zero attached hydrogens (tertiary/aromatic N) is 1. The van der Waals surface area contributed by atoms with E-state index in [-0.39, 0.29) is 18.4 Å². The summed E-state index contributed by atoms with van der Waals surface area (Å²) in [6.07, 6.45) is -4.91. The number of carbonyl (C=O) groups excluding carboxylic acids is 1. The van der Waals surface area contributed by atoms with Gasteiger partial charge in [-0.3, -0.25) is 14.9 Å². The standard InChI is InChI=1S/C10H9F3N2O3/c11-10(12,13)7-3-6(1-2-9(14)16)4-8(5-7)15(17)18/h3-5H,1-2H2,(H2,14,16). The predicted molar refractivity (Wildman–Crippen MR) is 55.6 cm³/mol. The van der Waals surface area contributed by atoms with Crippen LogP contribution in [-0.2, 0) is 17.4 Å². The summed E-state index contributed by atoms with van der Waals surface area (Å²) >= 11 is 0. The van der Waals surface area contributed by atoms with Gasteiger partial charge in [0.15, 0.2) is 0 Å². The number of alkyl halides is 3. The number of hydrogen-bond donors (Lipinski definition) is 1. The maximum absolute atomic E-state index is 12.5. The van der Waals surface area contributed by atoms with Gasteiger partial charge in [-0.2, -0.15) is 13.2 Å². The number of amides is 1. The summed E-state index contributed by atoms with van der Waals surface area (Å²) in [6, 6.07) is 2.22. The highest BCUT2D eigenvalue weighted by Gasteiger charge is 2.32. The van der Waals surface area contributed by atoms with Crippen molar-refractivity contribution in [1.29, 1.82) is 0 Å². The molecule has 0 saturated carbocycles. The molecule has 0 fully saturated rings. The van der Waals surface area contributed by atoms with Gasteiger partial charge in [0.2, 0.25) is 5.91 Å². The van der Waals surface area contributed by atoms with Crippen LogP contribution in [0.15, 0.2) is 18.2 Å². The van der Waals surface area contributed by atoms with Crippen LogP contribution in [0.2, 0.25) is 0 Å². The first-order valence-electron chi connectivity index (χ1n) is 4.84. The highest BCUT2D eigenvalue weighted by molar-refractivity contribution is 5.74. The summed E-state index contributed by atoms with van der Waals surface area (Å²) in [5.74, 6) is -0.685. The number of hydrogen-bond acceptors (Lipinski definition) is 3. The van der Waals surface area contributed by atoms with Gasteiger partial charge in [-0.1, -0.05) is 0 Å². The highest BCUT2D eigenvalue weighted by Crippen LogP contribution is 2.32. The van der Waals surface area contributed by atoms with Gasteiger partial charge in [-0.15, -0.1) is 0 Å². The lowest BCUT2D eigenvalue weighted by molar-refractivity contribution is -0.385. The van der Waals surface area contributed by atoms with Crippen LogP contribution >= 0.6 is 0 Å². The Bertz CT molecular complexity index is 486. The SMILES string of the molecule is NC(=O)CCc1cc([N+](=O)[O-])cc(C(F)(F)F)c1. The van der Waals surface area contributed by atoms with Crippen molar-refractivity contribution in [1.82, 2.24) is 0 Å². The molecule has 0 bridgehead atoms. The lowest BCUT2D eigenvalue weighted by Gasteiger charge is -2.08. The molecule has 0 aliphatic carbocycles. The number of aryl methyl sites for hydroxylation is 1. The molecular weight excluding hydrogens is 253 g/mol. The minimum atomic E-state index is -4.67. The van der Waals surface area contributed by atoms with E-state index in [2.05, 4.69) is 0 Å². The first-order chi connectivity index (χ1) is 8.20. The van der Waals surface area contributed by atoms with Crippen molar-refractivity contribution in [3.05, 3.63) is 39.4 Å². The van der Waals surface area contributed by atoms with Crippen LogP contribution in [0.1, 0.15) is 17.5 Å². The number of nitrogens with two attached hydrogens (primary N) is 1. The van der Waals surface area contributed by atoms with Crippen LogP contribution in [0.25, 0.3) is 0 Å². The summed E-state index contributed by atoms with van der Waals surface area (Å²) in [6.45, 7) is 0. The second kappa shape index (κ2) is 5.03. The average Bonchev–Trinajstić information content (AvgIpc) is 2.24. The third-order valence-electron chi connectivity index (χ3n) is 2.18. The Morgan fingerprint density at radius 2 is 1.94 bits per heavy atom. The minimum absolute atomic E-state index is 0.0512. The van der Waals surface area contributed by atoms with Gasteiger partial charge >= 0.3 is 6.18 Å². The third-order valence-corrected chi connectivity index (χ3v) is 2.18. The first-order valence-corrected chi connectivity index (χ1v) is 4.84. The largest absolute Gasteiger partial charge is 0.416 e. The maximum atomic E-state index is 12.5. The number of halogens is 3. The van der Waals surface area contributed by atoms with Gasteiger partial charge in [-0.25, -0.2) is 0 Å². The Labute approximate surface area is 99.5 Å². The van der Waals surface area contributed by atoms with E-state index < -0.39 is 28.3 Å². The van der Waals surface area contributed by atoms with Gasteiger partial charge in [-0.05, 0) is 18.1 Å². The molecule has 1 aromatic carbocycles. The van der Waals surface area contributed by atoms with E-state index in [9.17, 15) is 28.1 Å². The number of non-ortho nitro benzene ring substituents is 1. The fraction of sp³-hybridized carbons (Fsp3) is 0.300. The zero-order chi connectivity index (χ0) is 13.9. The molecule has 98 valence electrons. The number of nitro groups is 1. The summed E-state index contributed by atoms with van der Waals surface area (Å²) in [4.78, 5) is 20.1. The van der Waals surface area contributed by atoms with Crippen LogP contribution in [0.3, 0.4) is 0 Å². The van der Waals surface area contributed by atoms with E-state index in [0.29, 0.717) is 6.07 Å². The summed E-state index contributed by atoms with van der Waals surface area (Å²) in [5.41, 5.74) is 3.14. The van der Waals surface area contributed by atoms with Crippen molar-refractivity contribution in [3.63, 3.8) is 0 Å². The Balaban J connectivity index is 3.14. The van der Waals surface area contributed by atoms with Crippen molar-refractivity contribution in [2.24, 2.45) is 5.73 Å². The van der Waals surface area contributed by atoms with E-state index in [1.54, 1.807) is 0 Å². The number of primary amides is 1. The van der Waals surface area contributed by atoms with E-state index in [1.807, 2.05) is 0 Å². The molecule has 5 nitrogen and oxygen atoms in total. The second-order valence-electron chi connectivity index (χ2n) is 3.61. The molecule has 0 spiro atoms. The van der Waals surface area contributed by atoms with Crippen molar-refractivity contribution in [3.8, 4) is 0 Å². The second-order valence-corrected chi connectivity index (χ2v) is 3.61. The van der Waals surface area contributed by atoms with Crippen LogP contribution in [-0.4, -0.2) is 10.8 Å². The number of benzene rings is 1. The smallest absolute Gasteiger partial charge is 0.370 e. The molecule has 0 unspecified atom stereocenters. The fourth-order valence-electron chi connectivity index (χ4n) is 1.35. The molecule has 8 heteroatoms. The van der Waals surface area contributed by atoms with E-state index >= 15 is 0 Å². The number of rotatable bonds is 4. The quantitative estimate of drug-likeness (QED) is 0.665. The zero-order valence-electron chi connectivity index (χ0n) is 9.03. The van der Waals surface area contributed by atoms with Crippen LogP contribution in [0.4, 0.5) is 18.9 Å². The maximum Gasteiger partial charge on any atom is 0.416 e. The summed E-state index contributed by atoms with van der Waals surface area (Å²) < 4.78 is 37.5. The Hall–Kier alpha value is -2.12. The monoisotopic (exact) mass is 262 g/mol. The average molecular weight is 262 g/mol. The summed E-state index contributed by atoms with van der Waals surface area (Å²) in [7, 11) is 0. The highest BCUT2D eigenvalue weighted by atomic mass is 19.4. The molecule has 0 aliphatic heterocycles. The van der Waals surface area contributed by atoms with Crippen LogP contribution < -0.4 is 5.73 Å².